The van der Waals surface area contributed by atoms with Crippen molar-refractivity contribution >= 4 is 5.84 Å². The molecule has 5 heteroatoms. The van der Waals surface area contributed by atoms with Crippen LogP contribution in [0.1, 0.15) is 24.0 Å². The molecule has 0 saturated heterocycles. The van der Waals surface area contributed by atoms with Gasteiger partial charge in [-0.05, 0) is 43.5 Å². The minimum atomic E-state index is 0.0727. The van der Waals surface area contributed by atoms with Gasteiger partial charge in [-0.15, -0.1) is 0 Å². The lowest BCUT2D eigenvalue weighted by Gasteiger charge is -2.17. The summed E-state index contributed by atoms with van der Waals surface area (Å²) >= 11 is 0. The first kappa shape index (κ1) is 13.7. The Morgan fingerprint density at radius 1 is 1.53 bits per heavy atom. The average molecular weight is 263 g/mol. The van der Waals surface area contributed by atoms with E-state index in [0.717, 1.165) is 24.6 Å². The average Bonchev–Trinajstić information content (AvgIpc) is 3.21. The Kier molecular flexibility index (Phi) is 4.27. The van der Waals surface area contributed by atoms with Gasteiger partial charge < -0.3 is 20.6 Å². The number of hydrogen-bond acceptors (Lipinski definition) is 4. The highest BCUT2D eigenvalue weighted by Gasteiger charge is 2.22. The van der Waals surface area contributed by atoms with E-state index in [1.807, 2.05) is 18.2 Å². The smallest absolute Gasteiger partial charge is 0.173 e. The van der Waals surface area contributed by atoms with Crippen LogP contribution < -0.4 is 10.5 Å². The molecule has 0 unspecified atom stereocenters. The van der Waals surface area contributed by atoms with Crippen LogP contribution in [0.25, 0.3) is 0 Å². The third-order valence-electron chi connectivity index (χ3n) is 3.37. The van der Waals surface area contributed by atoms with Crippen molar-refractivity contribution in [2.75, 3.05) is 20.7 Å². The monoisotopic (exact) mass is 263 g/mol. The number of nitrogens with two attached hydrogens (primary N) is 1. The van der Waals surface area contributed by atoms with Gasteiger partial charge in [-0.3, -0.25) is 0 Å². The van der Waals surface area contributed by atoms with E-state index in [-0.39, 0.29) is 5.84 Å². The molecule has 3 N–H and O–H groups in total. The van der Waals surface area contributed by atoms with Gasteiger partial charge in [-0.25, -0.2) is 0 Å². The minimum Gasteiger partial charge on any atom is -0.496 e. The van der Waals surface area contributed by atoms with Gasteiger partial charge in [0.05, 0.1) is 12.7 Å². The van der Waals surface area contributed by atoms with E-state index in [2.05, 4.69) is 17.1 Å². The number of rotatable bonds is 6. The molecule has 1 aromatic rings. The SMILES string of the molecule is COc1ccc(CN(C)CC2CC2)cc1C(N)=NO. The number of benzene rings is 1. The zero-order valence-electron chi connectivity index (χ0n) is 11.5. The van der Waals surface area contributed by atoms with Crippen molar-refractivity contribution in [1.29, 1.82) is 0 Å². The quantitative estimate of drug-likeness (QED) is 0.354. The molecule has 1 saturated carbocycles. The Morgan fingerprint density at radius 3 is 2.84 bits per heavy atom. The first-order chi connectivity index (χ1) is 9.13. The van der Waals surface area contributed by atoms with Crippen molar-refractivity contribution in [2.45, 2.75) is 19.4 Å². The van der Waals surface area contributed by atoms with Gasteiger partial charge in [-0.2, -0.15) is 0 Å². The maximum absolute atomic E-state index is 8.81. The molecular weight excluding hydrogens is 242 g/mol. The predicted octanol–water partition coefficient (Wildman–Crippen LogP) is 1.63. The molecule has 19 heavy (non-hydrogen) atoms. The molecule has 1 aromatic carbocycles. The third-order valence-corrected chi connectivity index (χ3v) is 3.37. The first-order valence-corrected chi connectivity index (χ1v) is 6.47. The molecule has 0 aliphatic heterocycles. The summed E-state index contributed by atoms with van der Waals surface area (Å²) in [5.41, 5.74) is 7.42. The van der Waals surface area contributed by atoms with Crippen molar-refractivity contribution in [1.82, 2.24) is 4.90 Å². The predicted molar refractivity (Wildman–Crippen MR) is 74.6 cm³/mol. The topological polar surface area (TPSA) is 71.1 Å². The summed E-state index contributed by atoms with van der Waals surface area (Å²) in [6, 6.07) is 5.78. The van der Waals surface area contributed by atoms with Crippen molar-refractivity contribution in [3.8, 4) is 5.75 Å². The van der Waals surface area contributed by atoms with Crippen LogP contribution in [0.2, 0.25) is 0 Å². The number of hydrogen-bond donors (Lipinski definition) is 2. The molecule has 0 spiro atoms. The molecule has 0 amide bonds. The largest absolute Gasteiger partial charge is 0.496 e. The summed E-state index contributed by atoms with van der Waals surface area (Å²) in [5.74, 6) is 1.55. The molecule has 2 rings (SSSR count). The van der Waals surface area contributed by atoms with Crippen LogP contribution in [0, 0.1) is 5.92 Å². The highest BCUT2D eigenvalue weighted by atomic mass is 16.5. The fourth-order valence-corrected chi connectivity index (χ4v) is 2.22. The van der Waals surface area contributed by atoms with E-state index >= 15 is 0 Å². The summed E-state index contributed by atoms with van der Waals surface area (Å²) in [6.07, 6.45) is 2.70. The van der Waals surface area contributed by atoms with Gasteiger partial charge in [0.2, 0.25) is 0 Å². The Morgan fingerprint density at radius 2 is 2.26 bits per heavy atom. The van der Waals surface area contributed by atoms with Gasteiger partial charge in [0, 0.05) is 13.1 Å². The minimum absolute atomic E-state index is 0.0727. The van der Waals surface area contributed by atoms with E-state index in [1.54, 1.807) is 7.11 Å². The lowest BCUT2D eigenvalue weighted by atomic mass is 10.1. The zero-order valence-corrected chi connectivity index (χ0v) is 11.5. The Balaban J connectivity index is 2.12. The number of methoxy groups -OCH3 is 1. The summed E-state index contributed by atoms with van der Waals surface area (Å²) in [5, 5.41) is 11.9. The highest BCUT2D eigenvalue weighted by molar-refractivity contribution is 5.99. The lowest BCUT2D eigenvalue weighted by molar-refractivity contribution is 0.312. The Hall–Kier alpha value is -1.75. The molecule has 0 aromatic heterocycles. The summed E-state index contributed by atoms with van der Waals surface area (Å²) in [4.78, 5) is 2.30. The van der Waals surface area contributed by atoms with Crippen LogP contribution in [0.3, 0.4) is 0 Å². The van der Waals surface area contributed by atoms with Gasteiger partial charge in [0.1, 0.15) is 5.75 Å². The fourth-order valence-electron chi connectivity index (χ4n) is 2.22. The third kappa shape index (κ3) is 3.61. The van der Waals surface area contributed by atoms with Gasteiger partial charge in [-0.1, -0.05) is 11.2 Å². The molecular formula is C14H21N3O2. The zero-order chi connectivity index (χ0) is 13.8. The van der Waals surface area contributed by atoms with Crippen molar-refractivity contribution < 1.29 is 9.94 Å². The lowest BCUT2D eigenvalue weighted by Crippen LogP contribution is -2.21. The van der Waals surface area contributed by atoms with Crippen molar-refractivity contribution in [2.24, 2.45) is 16.8 Å². The van der Waals surface area contributed by atoms with E-state index in [0.29, 0.717) is 11.3 Å². The van der Waals surface area contributed by atoms with Gasteiger partial charge >= 0.3 is 0 Å². The van der Waals surface area contributed by atoms with Crippen molar-refractivity contribution in [3.63, 3.8) is 0 Å². The second-order valence-corrected chi connectivity index (χ2v) is 5.16. The van der Waals surface area contributed by atoms with E-state index < -0.39 is 0 Å². The maximum atomic E-state index is 8.81. The summed E-state index contributed by atoms with van der Waals surface area (Å²) in [7, 11) is 3.69. The number of nitrogens with zero attached hydrogens (tertiary/aromatic N) is 2. The van der Waals surface area contributed by atoms with Gasteiger partial charge in [0.25, 0.3) is 0 Å². The fraction of sp³-hybridized carbons (Fsp3) is 0.500. The van der Waals surface area contributed by atoms with Crippen LogP contribution in [-0.4, -0.2) is 36.6 Å². The highest BCUT2D eigenvalue weighted by Crippen LogP contribution is 2.30. The molecule has 0 bridgehead atoms. The van der Waals surface area contributed by atoms with Crippen LogP contribution in [0.15, 0.2) is 23.4 Å². The van der Waals surface area contributed by atoms with Crippen molar-refractivity contribution in [3.05, 3.63) is 29.3 Å². The maximum Gasteiger partial charge on any atom is 0.173 e. The number of ether oxygens (including phenoxy) is 1. The van der Waals surface area contributed by atoms with Gasteiger partial charge in [0.15, 0.2) is 5.84 Å². The second-order valence-electron chi connectivity index (χ2n) is 5.16. The van der Waals surface area contributed by atoms with Crippen LogP contribution in [0.4, 0.5) is 0 Å². The molecule has 0 radical (unpaired) electrons. The Bertz CT molecular complexity index is 470. The molecule has 1 fully saturated rings. The van der Waals surface area contributed by atoms with E-state index in [4.69, 9.17) is 15.7 Å². The molecule has 0 heterocycles. The Labute approximate surface area is 113 Å². The molecule has 0 atom stereocenters. The molecule has 5 nitrogen and oxygen atoms in total. The molecule has 104 valence electrons. The van der Waals surface area contributed by atoms with E-state index in [9.17, 15) is 0 Å². The summed E-state index contributed by atoms with van der Waals surface area (Å²) in [6.45, 7) is 1.98. The van der Waals surface area contributed by atoms with Crippen LogP contribution >= 0.6 is 0 Å². The van der Waals surface area contributed by atoms with Crippen LogP contribution in [0.5, 0.6) is 5.75 Å². The standard InChI is InChI=1S/C14H21N3O2/c1-17(8-10-3-4-10)9-11-5-6-13(19-2)12(7-11)14(15)16-18/h5-7,10,18H,3-4,8-9H2,1-2H3,(H2,15,16). The normalized spacial score (nSPS) is 15.8. The number of amidine groups is 1. The second kappa shape index (κ2) is 5.93. The molecule has 1 aliphatic rings. The summed E-state index contributed by atoms with van der Waals surface area (Å²) < 4.78 is 5.22. The van der Waals surface area contributed by atoms with Crippen LogP contribution in [-0.2, 0) is 6.54 Å². The first-order valence-electron chi connectivity index (χ1n) is 6.47. The van der Waals surface area contributed by atoms with E-state index in [1.165, 1.54) is 12.8 Å². The number of oxime groups is 1. The molecule has 1 aliphatic carbocycles.